The third-order valence-corrected chi connectivity index (χ3v) is 23.2. The number of methoxy groups -OCH3 is 1. The molecule has 0 radical (unpaired) electrons. The van der Waals surface area contributed by atoms with Crippen molar-refractivity contribution in [3.8, 4) is 0 Å². The number of aliphatic hydroxyl groups excluding tert-OH is 19. The molecule has 7 fully saturated rings. The quantitative estimate of drug-likeness (QED) is 0.0423. The van der Waals surface area contributed by atoms with Gasteiger partial charge in [-0.05, 0) is 34.4 Å². The van der Waals surface area contributed by atoms with Gasteiger partial charge < -0.3 is 185 Å². The minimum Gasteiger partial charge on any atom is -0.394 e. The number of aliphatic hydroxyl groups is 19. The highest BCUT2D eigenvalue weighted by atomic mass is 32.1. The van der Waals surface area contributed by atoms with Gasteiger partial charge in [0.15, 0.2) is 37.7 Å². The first-order valence-electron chi connectivity index (χ1n) is 36.4. The number of hydrogen-bond donors (Lipinski definition) is 25. The zero-order valence-electron chi connectivity index (χ0n) is 60.1. The highest BCUT2D eigenvalue weighted by molar-refractivity contribution is 7.10. The van der Waals surface area contributed by atoms with Gasteiger partial charge in [-0.3, -0.25) is 20.3 Å². The lowest BCUT2D eigenvalue weighted by Gasteiger charge is -2.50. The fourth-order valence-electron chi connectivity index (χ4n) is 15.4. The number of fused-ring (bicyclic) bond motifs is 3. The summed E-state index contributed by atoms with van der Waals surface area (Å²) in [5.74, 6) is -1.57. The summed E-state index contributed by atoms with van der Waals surface area (Å²) < 4.78 is 81.8. The summed E-state index contributed by atoms with van der Waals surface area (Å²) in [6.07, 6.45) is -65.2. The second kappa shape index (κ2) is 36.0. The number of aromatic nitrogens is 2. The standard InChI is InChI=1S/C69H91N7O36S2/c1-99-55-33(13-77)102-65(49(90)43(55)84)110-59-36(16-80)104-67(52(93)46(59)87)108-57-32-10-73-63(97)29-20-114-39(75-29)12-71-27-8-26(24-4-2-21-6-23(76-98)7-22-3-5-25(27)41(24)40(21)22)70-11-38-74-28(19-113-38)62(96)72-9-31-56(42(83)30(82)18-100-31)107-66-51(92)45(86)60(35(15-79)103-66)111-69-54(95)48(89)61(37(17-81)106-69)112-68-53(94)47(88)58(34(14-78)105-68)109-64(101-32)50(91)44(57)85/h2-8,19-20,30-37,42-61,64-71,76-95,98H,9-18H2,1H3,(H,72,96)(H,73,97)/t30?,31-,32-,33-,34-,35-,36-,37-,42?,43?,44?,45?,46?,47?,48?,49?,50?,51?,52?,53?,54?,55-,56-,57-,58-,59-,60-,61-,64-,65-,66-,67-,68-,69-/m1/s1. The van der Waals surface area contributed by atoms with Crippen molar-refractivity contribution in [2.75, 3.05) is 76.0 Å². The van der Waals surface area contributed by atoms with E-state index in [2.05, 4.69) is 36.7 Å². The Labute approximate surface area is 652 Å². The number of carbonyl (C=O) groups is 2. The molecule has 2 amide bonds. The first kappa shape index (κ1) is 84.6. The molecule has 45 heteroatoms. The van der Waals surface area contributed by atoms with E-state index in [9.17, 15) is 112 Å². The average Bonchev–Trinajstić information content (AvgIpc) is 0.737. The van der Waals surface area contributed by atoms with Crippen molar-refractivity contribution in [2.24, 2.45) is 0 Å². The highest BCUT2D eigenvalue weighted by Gasteiger charge is 2.59. The summed E-state index contributed by atoms with van der Waals surface area (Å²) in [6, 6.07) is 12.9. The lowest BCUT2D eigenvalue weighted by molar-refractivity contribution is -0.396. The number of amides is 2. The number of benzene rings is 4. The van der Waals surface area contributed by atoms with Crippen molar-refractivity contribution >= 4 is 83.9 Å². The van der Waals surface area contributed by atoms with E-state index >= 15 is 0 Å². The monoisotopic (exact) mass is 1660 g/mol. The molecule has 43 nitrogen and oxygen atoms in total. The van der Waals surface area contributed by atoms with Gasteiger partial charge in [-0.15, -0.1) is 22.7 Å². The number of thiazole rings is 2. The molecular weight excluding hydrogens is 1570 g/mol. The van der Waals surface area contributed by atoms with E-state index in [0.29, 0.717) is 27.1 Å². The SMILES string of the molecule is CO[C@H]1C(O)C(O)[C@@H](O[C@H]2C(O)C(O)[C@@H](O[C@H]3C(O)C(O)[C@@H]4O[C@@H]3CNC(=O)c3csc(n3)CNc3cc(c5ccc6cc(NO)cc7ccc3c5c67)NCc3nc(cs3)C(=O)NC[C@H]3OCC(O)C(O)[C@@H]3O[C@H]3O[C@H](CO)[C@@H](O[C@H]5O[C@H](CO)[C@@H](O[C@H]6O[C@H](CO)[C@@H](O4)C(O)C6O)C(O)C5O)C(O)C3O)O[C@@H]2CO)O[C@@H]1CO. The van der Waals surface area contributed by atoms with Crippen LogP contribution in [0.2, 0.25) is 0 Å². The van der Waals surface area contributed by atoms with Gasteiger partial charge in [-0.25, -0.2) is 9.97 Å². The Kier molecular flexibility index (Phi) is 26.7. The van der Waals surface area contributed by atoms with E-state index in [1.54, 1.807) is 12.1 Å². The van der Waals surface area contributed by atoms with Gasteiger partial charge in [0.1, 0.15) is 192 Å². The topological polar surface area (TPSA) is 654 Å². The molecule has 0 aliphatic carbocycles. The second-order valence-corrected chi connectivity index (χ2v) is 30.5. The Balaban J connectivity index is 0.755. The van der Waals surface area contributed by atoms with Gasteiger partial charge in [-0.2, -0.15) is 0 Å². The van der Waals surface area contributed by atoms with Crippen molar-refractivity contribution in [3.05, 3.63) is 74.6 Å². The van der Waals surface area contributed by atoms with Crippen molar-refractivity contribution < 1.29 is 178 Å². The molecule has 11 aliphatic rings. The number of anilines is 3. The molecule has 2 aromatic heterocycles. The van der Waals surface area contributed by atoms with E-state index in [4.69, 9.17) is 66.3 Å². The van der Waals surface area contributed by atoms with Gasteiger partial charge in [0.05, 0.1) is 58.4 Å². The highest BCUT2D eigenvalue weighted by Crippen LogP contribution is 2.44. The van der Waals surface area contributed by atoms with Gasteiger partial charge in [-0.1, -0.05) is 24.3 Å². The van der Waals surface area contributed by atoms with E-state index in [1.165, 1.54) is 17.9 Å². The molecule has 6 aromatic rings. The Morgan fingerprint density at radius 2 is 0.851 bits per heavy atom. The molecule has 0 spiro atoms. The number of ether oxygens (including phenoxy) is 14. The third-order valence-electron chi connectivity index (χ3n) is 21.5. The molecule has 13 heterocycles. The molecule has 25 N–H and O–H groups in total. The van der Waals surface area contributed by atoms with Gasteiger partial charge in [0.25, 0.3) is 11.8 Å². The maximum absolute atomic E-state index is 14.4. The summed E-state index contributed by atoms with van der Waals surface area (Å²) in [5, 5.41) is 244. The van der Waals surface area contributed by atoms with E-state index in [0.717, 1.165) is 55.0 Å². The van der Waals surface area contributed by atoms with Crippen molar-refractivity contribution in [3.63, 3.8) is 0 Å². The molecule has 17 rings (SSSR count). The largest absolute Gasteiger partial charge is 0.394 e. The van der Waals surface area contributed by atoms with Gasteiger partial charge in [0.2, 0.25) is 0 Å². The smallest absolute Gasteiger partial charge is 0.270 e. The summed E-state index contributed by atoms with van der Waals surface area (Å²) in [6.45, 7) is -6.45. The van der Waals surface area contributed by atoms with Crippen LogP contribution in [-0.4, -0.2) is 393 Å². The summed E-state index contributed by atoms with van der Waals surface area (Å²) in [7, 11) is 1.18. The van der Waals surface area contributed by atoms with Crippen LogP contribution in [0.4, 0.5) is 17.1 Å². The molecule has 14 bridgehead atoms. The maximum atomic E-state index is 14.4. The molecule has 630 valence electrons. The maximum Gasteiger partial charge on any atom is 0.270 e. The molecule has 0 saturated carbocycles. The van der Waals surface area contributed by atoms with Crippen LogP contribution in [0.15, 0.2) is 53.2 Å². The van der Waals surface area contributed by atoms with E-state index in [-0.39, 0.29) is 24.5 Å². The lowest BCUT2D eigenvalue weighted by atomic mass is 9.92. The van der Waals surface area contributed by atoms with Crippen LogP contribution in [0, 0.1) is 0 Å². The first-order chi connectivity index (χ1) is 54.8. The fourth-order valence-corrected chi connectivity index (χ4v) is 16.9. The summed E-state index contributed by atoms with van der Waals surface area (Å²) in [4.78, 5) is 37.4. The zero-order chi connectivity index (χ0) is 81.0. The molecule has 7 saturated heterocycles. The van der Waals surface area contributed by atoms with Crippen LogP contribution in [0.1, 0.15) is 31.0 Å². The normalized spacial score (nSPS) is 41.2. The van der Waals surface area contributed by atoms with Crippen LogP contribution in [0.5, 0.6) is 0 Å². The average molecular weight is 1660 g/mol. The molecule has 14 unspecified atom stereocenters. The predicted molar refractivity (Wildman–Crippen MR) is 380 cm³/mol. The zero-order valence-corrected chi connectivity index (χ0v) is 61.7. The third kappa shape index (κ3) is 16.7. The Morgan fingerprint density at radius 3 is 1.31 bits per heavy atom. The van der Waals surface area contributed by atoms with Crippen LogP contribution in [0.3, 0.4) is 0 Å². The second-order valence-electron chi connectivity index (χ2n) is 28.7. The van der Waals surface area contributed by atoms with E-state index < -0.39 is 273 Å². The van der Waals surface area contributed by atoms with E-state index in [1.807, 2.05) is 30.3 Å². The molecule has 114 heavy (non-hydrogen) atoms. The Morgan fingerprint density at radius 1 is 0.439 bits per heavy atom. The number of hydrogen-bond acceptors (Lipinski definition) is 43. The number of carbonyl (C=O) groups excluding carboxylic acids is 2. The van der Waals surface area contributed by atoms with Crippen molar-refractivity contribution in [1.82, 2.24) is 20.6 Å². The van der Waals surface area contributed by atoms with Gasteiger partial charge in [0, 0.05) is 58.5 Å². The molecular formula is C69H91N7O36S2. The van der Waals surface area contributed by atoms with Crippen LogP contribution in [-0.2, 0) is 79.4 Å². The Hall–Kier alpha value is -5.84. The number of nitrogens with zero attached hydrogens (tertiary/aromatic N) is 2. The number of rotatable bonds is 11. The number of nitrogens with one attached hydrogen (secondary N) is 5. The van der Waals surface area contributed by atoms with Crippen LogP contribution >= 0.6 is 22.7 Å². The van der Waals surface area contributed by atoms with Gasteiger partial charge >= 0.3 is 0 Å². The predicted octanol–water partition coefficient (Wildman–Crippen LogP) is -8.92. The molecule has 4 aromatic carbocycles. The minimum absolute atomic E-state index is 0.00813. The van der Waals surface area contributed by atoms with Crippen LogP contribution in [0.25, 0.3) is 32.3 Å². The Bertz CT molecular complexity index is 4190. The molecule has 34 atom stereocenters. The summed E-state index contributed by atoms with van der Waals surface area (Å²) >= 11 is 2.22. The summed E-state index contributed by atoms with van der Waals surface area (Å²) in [5.41, 5.74) is 3.64. The fraction of sp³-hybridized carbons (Fsp3) is 0.652. The minimum atomic E-state index is -2.31. The van der Waals surface area contributed by atoms with Crippen LogP contribution < -0.4 is 26.7 Å². The first-order valence-corrected chi connectivity index (χ1v) is 38.2. The lowest BCUT2D eigenvalue weighted by Crippen LogP contribution is -2.68. The van der Waals surface area contributed by atoms with Crippen molar-refractivity contribution in [1.29, 1.82) is 0 Å². The molecule has 11 aliphatic heterocycles. The van der Waals surface area contributed by atoms with Crippen molar-refractivity contribution in [2.45, 2.75) is 222 Å².